The molecule has 0 spiro atoms. The van der Waals surface area contributed by atoms with E-state index in [-0.39, 0.29) is 17.8 Å². The van der Waals surface area contributed by atoms with Gasteiger partial charge in [-0.1, -0.05) is 29.8 Å². The molecule has 0 fully saturated rings. The number of pyridine rings is 1. The van der Waals surface area contributed by atoms with Crippen LogP contribution in [0.1, 0.15) is 25.0 Å². The van der Waals surface area contributed by atoms with Gasteiger partial charge in [0.25, 0.3) is 0 Å². The molecule has 37 heavy (non-hydrogen) atoms. The van der Waals surface area contributed by atoms with E-state index in [1.807, 2.05) is 32.0 Å². The lowest BCUT2D eigenvalue weighted by Gasteiger charge is -2.23. The zero-order valence-electron chi connectivity index (χ0n) is 20.9. The van der Waals surface area contributed by atoms with E-state index < -0.39 is 17.9 Å². The van der Waals surface area contributed by atoms with Crippen molar-refractivity contribution in [3.8, 4) is 22.3 Å². The van der Waals surface area contributed by atoms with Crippen molar-refractivity contribution in [2.24, 2.45) is 0 Å². The number of carbonyl (C=O) groups is 1. The predicted octanol–water partition coefficient (Wildman–Crippen LogP) is 7.62. The maximum absolute atomic E-state index is 15.3. The standard InChI is InChI=1S/C27H26F4N2O3S/c1-16(2)10-11-33(26(34)27(29,30)31)20-7-8-21(24(28)14-20)23-13-17(3)22(12-18(23)4)19-6-9-25(32-15-19)37-36-35-5/h6-10,12-15H,11H2,1-5H3. The molecule has 1 heterocycles. The van der Waals surface area contributed by atoms with Crippen molar-refractivity contribution in [1.82, 2.24) is 4.98 Å². The van der Waals surface area contributed by atoms with E-state index in [0.29, 0.717) is 15.5 Å². The molecule has 3 rings (SSSR count). The topological polar surface area (TPSA) is 51.7 Å². The molecule has 0 aliphatic rings. The molecule has 0 N–H and O–H groups in total. The molecule has 0 saturated heterocycles. The van der Waals surface area contributed by atoms with E-state index in [9.17, 15) is 18.0 Å². The molecule has 0 atom stereocenters. The van der Waals surface area contributed by atoms with Crippen LogP contribution >= 0.6 is 12.0 Å². The zero-order valence-corrected chi connectivity index (χ0v) is 21.8. The number of nitrogens with zero attached hydrogens (tertiary/aromatic N) is 2. The van der Waals surface area contributed by atoms with Gasteiger partial charge in [0.2, 0.25) is 0 Å². The SMILES string of the molecule is COOSc1ccc(-c2cc(C)c(-c3ccc(N(CC=C(C)C)C(=O)C(F)(F)F)cc3F)cc2C)cn1. The number of alkyl halides is 3. The molecule has 0 saturated carbocycles. The van der Waals surface area contributed by atoms with Gasteiger partial charge in [0.1, 0.15) is 10.8 Å². The fourth-order valence-corrected chi connectivity index (χ4v) is 4.06. The highest BCUT2D eigenvalue weighted by Gasteiger charge is 2.42. The number of amides is 1. The smallest absolute Gasteiger partial charge is 0.301 e. The summed E-state index contributed by atoms with van der Waals surface area (Å²) in [7, 11) is 1.40. The Morgan fingerprint density at radius 2 is 1.70 bits per heavy atom. The quantitative estimate of drug-likeness (QED) is 0.0979. The molecule has 2 aromatic carbocycles. The van der Waals surface area contributed by atoms with Crippen LogP contribution in [0.5, 0.6) is 0 Å². The van der Waals surface area contributed by atoms with E-state index in [1.54, 1.807) is 26.1 Å². The summed E-state index contributed by atoms with van der Waals surface area (Å²) in [5.74, 6) is -2.79. The summed E-state index contributed by atoms with van der Waals surface area (Å²) in [5, 5.41) is 0.612. The van der Waals surface area contributed by atoms with Crippen molar-refractivity contribution in [2.75, 3.05) is 18.6 Å². The van der Waals surface area contributed by atoms with E-state index in [0.717, 1.165) is 45.9 Å². The van der Waals surface area contributed by atoms with E-state index in [4.69, 9.17) is 4.33 Å². The Balaban J connectivity index is 1.96. The number of aryl methyl sites for hydroxylation is 2. The van der Waals surface area contributed by atoms with Crippen molar-refractivity contribution in [3.05, 3.63) is 77.3 Å². The summed E-state index contributed by atoms with van der Waals surface area (Å²) in [6, 6.07) is 11.1. The first-order chi connectivity index (χ1) is 17.4. The maximum Gasteiger partial charge on any atom is 0.471 e. The van der Waals surface area contributed by atoms with E-state index in [1.165, 1.54) is 25.3 Å². The monoisotopic (exact) mass is 534 g/mol. The van der Waals surface area contributed by atoms with Gasteiger partial charge in [0, 0.05) is 29.6 Å². The van der Waals surface area contributed by atoms with Gasteiger partial charge in [-0.05, 0) is 74.2 Å². The molecule has 0 aliphatic heterocycles. The van der Waals surface area contributed by atoms with Crippen molar-refractivity contribution in [2.45, 2.75) is 38.9 Å². The molecular weight excluding hydrogens is 508 g/mol. The second-order valence-electron chi connectivity index (χ2n) is 8.54. The van der Waals surface area contributed by atoms with Gasteiger partial charge >= 0.3 is 12.1 Å². The molecule has 196 valence electrons. The number of benzene rings is 2. The number of carbonyl (C=O) groups excluding carboxylic acids is 1. The lowest BCUT2D eigenvalue weighted by molar-refractivity contribution is -0.170. The van der Waals surface area contributed by atoms with Crippen molar-refractivity contribution >= 4 is 23.6 Å². The van der Waals surface area contributed by atoms with E-state index >= 15 is 4.39 Å². The Labute approximate surface area is 217 Å². The Kier molecular flexibility index (Phi) is 9.12. The highest BCUT2D eigenvalue weighted by molar-refractivity contribution is 7.94. The molecule has 3 aromatic rings. The third kappa shape index (κ3) is 6.97. The summed E-state index contributed by atoms with van der Waals surface area (Å²) < 4.78 is 59.6. The normalized spacial score (nSPS) is 11.4. The van der Waals surface area contributed by atoms with Crippen LogP contribution in [0, 0.1) is 19.7 Å². The summed E-state index contributed by atoms with van der Waals surface area (Å²) in [6.07, 6.45) is -1.92. The Morgan fingerprint density at radius 1 is 1.03 bits per heavy atom. The highest BCUT2D eigenvalue weighted by Crippen LogP contribution is 2.35. The van der Waals surface area contributed by atoms with Gasteiger partial charge in [-0.3, -0.25) is 4.79 Å². The second-order valence-corrected chi connectivity index (χ2v) is 9.27. The van der Waals surface area contributed by atoms with Crippen LogP contribution in [0.3, 0.4) is 0 Å². The average molecular weight is 535 g/mol. The number of aromatic nitrogens is 1. The summed E-state index contributed by atoms with van der Waals surface area (Å²) in [6.45, 7) is 6.78. The number of rotatable bonds is 8. The number of halogens is 4. The highest BCUT2D eigenvalue weighted by atomic mass is 32.2. The van der Waals surface area contributed by atoms with Gasteiger partial charge in [0.15, 0.2) is 0 Å². The molecular formula is C27H26F4N2O3S. The maximum atomic E-state index is 15.3. The average Bonchev–Trinajstić information content (AvgIpc) is 2.84. The Bertz CT molecular complexity index is 1300. The minimum absolute atomic E-state index is 0.173. The predicted molar refractivity (Wildman–Crippen MR) is 136 cm³/mol. The van der Waals surface area contributed by atoms with Gasteiger partial charge in [-0.2, -0.15) is 17.5 Å². The van der Waals surface area contributed by atoms with Crippen LogP contribution in [-0.2, 0) is 14.0 Å². The van der Waals surface area contributed by atoms with Gasteiger partial charge in [-0.25, -0.2) is 14.3 Å². The lowest BCUT2D eigenvalue weighted by Crippen LogP contribution is -2.41. The largest absolute Gasteiger partial charge is 0.471 e. The van der Waals surface area contributed by atoms with E-state index in [2.05, 4.69) is 9.87 Å². The first-order valence-electron chi connectivity index (χ1n) is 11.2. The molecule has 0 radical (unpaired) electrons. The van der Waals surface area contributed by atoms with Gasteiger partial charge in [-0.15, -0.1) is 0 Å². The van der Waals surface area contributed by atoms with Crippen molar-refractivity contribution < 1.29 is 31.6 Å². The second kappa shape index (κ2) is 11.9. The first-order valence-corrected chi connectivity index (χ1v) is 11.9. The lowest BCUT2D eigenvalue weighted by atomic mass is 9.92. The molecule has 10 heteroatoms. The molecule has 1 aromatic heterocycles. The fraction of sp³-hybridized carbons (Fsp3) is 0.259. The molecule has 0 bridgehead atoms. The van der Waals surface area contributed by atoms with Crippen LogP contribution < -0.4 is 4.90 Å². The summed E-state index contributed by atoms with van der Waals surface area (Å²) >= 11 is 0.978. The third-order valence-electron chi connectivity index (χ3n) is 5.53. The third-order valence-corrected chi connectivity index (χ3v) is 6.15. The van der Waals surface area contributed by atoms with Crippen LogP contribution in [-0.4, -0.2) is 30.7 Å². The van der Waals surface area contributed by atoms with Crippen LogP contribution in [0.2, 0.25) is 0 Å². The molecule has 0 aliphatic carbocycles. The van der Waals surface area contributed by atoms with Crippen LogP contribution in [0.4, 0.5) is 23.2 Å². The molecule has 1 amide bonds. The van der Waals surface area contributed by atoms with Gasteiger partial charge < -0.3 is 4.90 Å². The van der Waals surface area contributed by atoms with Crippen LogP contribution in [0.25, 0.3) is 22.3 Å². The van der Waals surface area contributed by atoms with Gasteiger partial charge in [0.05, 0.1) is 19.2 Å². The Hall–Kier alpha value is -3.21. The number of anilines is 1. The summed E-state index contributed by atoms with van der Waals surface area (Å²) in [5.41, 5.74) is 4.75. The summed E-state index contributed by atoms with van der Waals surface area (Å²) in [4.78, 5) is 21.4. The molecule has 5 nitrogen and oxygen atoms in total. The minimum atomic E-state index is -5.09. The van der Waals surface area contributed by atoms with Crippen LogP contribution in [0.15, 0.2) is 65.3 Å². The number of hydrogen-bond acceptors (Lipinski definition) is 5. The molecule has 0 unspecified atom stereocenters. The zero-order chi connectivity index (χ0) is 27.3. The minimum Gasteiger partial charge on any atom is -0.301 e. The van der Waals surface area contributed by atoms with Crippen molar-refractivity contribution in [1.29, 1.82) is 0 Å². The Morgan fingerprint density at radius 3 is 2.27 bits per heavy atom. The fourth-order valence-electron chi connectivity index (χ4n) is 3.70. The number of allylic oxidation sites excluding steroid dienone is 1. The number of hydrogen-bond donors (Lipinski definition) is 0. The first kappa shape index (κ1) is 28.4. The van der Waals surface area contributed by atoms with Crippen molar-refractivity contribution in [3.63, 3.8) is 0 Å².